The first-order chi connectivity index (χ1) is 13.5. The van der Waals surface area contributed by atoms with Gasteiger partial charge in [-0.3, -0.25) is 9.69 Å². The molecule has 4 atom stereocenters. The zero-order chi connectivity index (χ0) is 19.4. The number of benzene rings is 1. The summed E-state index contributed by atoms with van der Waals surface area (Å²) in [7, 11) is 0. The van der Waals surface area contributed by atoms with Crippen LogP contribution in [0.5, 0.6) is 0 Å². The molecule has 1 aromatic carbocycles. The highest BCUT2D eigenvalue weighted by Crippen LogP contribution is 2.49. The molecule has 2 aromatic rings. The highest BCUT2D eigenvalue weighted by atomic mass is 35.5. The zero-order valence-corrected chi connectivity index (χ0v) is 18.0. The first-order valence-electron chi connectivity index (χ1n) is 10.2. The van der Waals surface area contributed by atoms with Crippen molar-refractivity contribution >= 4 is 28.8 Å². The van der Waals surface area contributed by atoms with Crippen molar-refractivity contribution in [2.45, 2.75) is 45.2 Å². The fourth-order valence-electron chi connectivity index (χ4n) is 5.05. The van der Waals surface area contributed by atoms with Crippen molar-refractivity contribution < 1.29 is 4.79 Å². The van der Waals surface area contributed by atoms with Gasteiger partial charge in [-0.2, -0.15) is 0 Å². The maximum Gasteiger partial charge on any atom is 0.226 e. The minimum atomic E-state index is 0.178. The fourth-order valence-corrected chi connectivity index (χ4v) is 6.13. The summed E-state index contributed by atoms with van der Waals surface area (Å²) in [5.74, 6) is 1.57. The molecule has 1 aliphatic carbocycles. The molecule has 1 saturated carbocycles. The van der Waals surface area contributed by atoms with E-state index in [0.717, 1.165) is 49.1 Å². The molecule has 4 nitrogen and oxygen atoms in total. The fraction of sp³-hybridized carbons (Fsp3) is 0.545. The average Bonchev–Trinajstić information content (AvgIpc) is 3.38. The number of carbonyl (C=O) groups excluding carboxylic acids is 1. The lowest BCUT2D eigenvalue weighted by Crippen LogP contribution is -2.63. The van der Waals surface area contributed by atoms with E-state index < -0.39 is 0 Å². The minimum Gasteiger partial charge on any atom is -0.342 e. The van der Waals surface area contributed by atoms with Crippen molar-refractivity contribution in [2.24, 2.45) is 11.8 Å². The van der Waals surface area contributed by atoms with Crippen LogP contribution >= 0.6 is 22.9 Å². The van der Waals surface area contributed by atoms with Crippen LogP contribution in [0.2, 0.25) is 5.02 Å². The number of fused-ring (bicyclic) bond motifs is 1. The first kappa shape index (κ1) is 18.6. The number of thiazole rings is 1. The van der Waals surface area contributed by atoms with E-state index in [9.17, 15) is 4.79 Å². The van der Waals surface area contributed by atoms with Crippen LogP contribution in [0.1, 0.15) is 39.9 Å². The number of piperidine rings is 1. The van der Waals surface area contributed by atoms with E-state index in [4.69, 9.17) is 11.6 Å². The third-order valence-corrected chi connectivity index (χ3v) is 8.01. The molecular formula is C22H26ClN3OS. The van der Waals surface area contributed by atoms with Gasteiger partial charge in [0.1, 0.15) is 0 Å². The smallest absolute Gasteiger partial charge is 0.226 e. The first-order valence-corrected chi connectivity index (χ1v) is 11.4. The van der Waals surface area contributed by atoms with Crippen molar-refractivity contribution in [3.05, 3.63) is 50.4 Å². The Hall–Kier alpha value is -1.43. The Bertz CT molecular complexity index is 896. The number of rotatable bonds is 4. The second-order valence-electron chi connectivity index (χ2n) is 8.57. The van der Waals surface area contributed by atoms with Gasteiger partial charge in [0.05, 0.1) is 10.7 Å². The number of aryl methyl sites for hydroxylation is 2. The van der Waals surface area contributed by atoms with Crippen LogP contribution in [0.25, 0.3) is 0 Å². The number of carbonyl (C=O) groups is 1. The van der Waals surface area contributed by atoms with Gasteiger partial charge in [0.15, 0.2) is 0 Å². The van der Waals surface area contributed by atoms with E-state index >= 15 is 0 Å². The number of halogens is 1. The molecule has 3 heterocycles. The molecule has 148 valence electrons. The number of nitrogens with zero attached hydrogens (tertiary/aromatic N) is 3. The van der Waals surface area contributed by atoms with Gasteiger partial charge in [0.2, 0.25) is 5.91 Å². The SMILES string of the molecule is Cc1nc(C)c(CN2C[C@@H]3CN(C(=O)[C@@H]4C[C@@H]4c4ccc(Cl)cc4)CC[C@H]32)s1. The number of likely N-dealkylation sites (tertiary alicyclic amines) is 2. The molecule has 0 N–H and O–H groups in total. The van der Waals surface area contributed by atoms with Gasteiger partial charge >= 0.3 is 0 Å². The summed E-state index contributed by atoms with van der Waals surface area (Å²) in [6.07, 6.45) is 2.09. The molecule has 0 spiro atoms. The summed E-state index contributed by atoms with van der Waals surface area (Å²) < 4.78 is 0. The predicted molar refractivity (Wildman–Crippen MR) is 113 cm³/mol. The minimum absolute atomic E-state index is 0.178. The molecule has 0 bridgehead atoms. The van der Waals surface area contributed by atoms with E-state index in [1.165, 1.54) is 16.1 Å². The third kappa shape index (κ3) is 3.38. The van der Waals surface area contributed by atoms with Crippen molar-refractivity contribution in [2.75, 3.05) is 19.6 Å². The Kier molecular flexibility index (Phi) is 4.73. The van der Waals surface area contributed by atoms with Gasteiger partial charge in [-0.15, -0.1) is 11.3 Å². The standard InChI is InChI=1S/C22H26ClN3OS/c1-13-21(28-14(2)24-13)12-26-11-16-10-25(8-7-20(16)26)22(27)19-9-18(19)15-3-5-17(23)6-4-15/h3-6,16,18-20H,7-12H2,1-2H3/t16-,18+,19+,20+/m0/s1. The lowest BCUT2D eigenvalue weighted by Gasteiger charge is -2.53. The molecule has 3 aliphatic rings. The summed E-state index contributed by atoms with van der Waals surface area (Å²) in [6.45, 7) is 8.17. The summed E-state index contributed by atoms with van der Waals surface area (Å²) >= 11 is 7.81. The Labute approximate surface area is 175 Å². The molecule has 0 unspecified atom stereocenters. The lowest BCUT2D eigenvalue weighted by molar-refractivity contribution is -0.139. The van der Waals surface area contributed by atoms with Gasteiger partial charge in [0, 0.05) is 54.0 Å². The van der Waals surface area contributed by atoms with E-state index in [-0.39, 0.29) is 5.92 Å². The summed E-state index contributed by atoms with van der Waals surface area (Å²) in [5.41, 5.74) is 2.43. The van der Waals surface area contributed by atoms with Crippen LogP contribution in [0.3, 0.4) is 0 Å². The largest absolute Gasteiger partial charge is 0.342 e. The molecule has 1 amide bonds. The van der Waals surface area contributed by atoms with Gasteiger partial charge in [-0.05, 0) is 50.3 Å². The quantitative estimate of drug-likeness (QED) is 0.748. The number of aromatic nitrogens is 1. The Morgan fingerprint density at radius 3 is 2.71 bits per heavy atom. The van der Waals surface area contributed by atoms with E-state index in [1.807, 2.05) is 23.5 Å². The van der Waals surface area contributed by atoms with Gasteiger partial charge < -0.3 is 4.90 Å². The lowest BCUT2D eigenvalue weighted by atomic mass is 9.82. The molecule has 3 fully saturated rings. The van der Waals surface area contributed by atoms with Crippen LogP contribution in [0.4, 0.5) is 0 Å². The summed E-state index contributed by atoms with van der Waals surface area (Å²) in [6, 6.07) is 8.63. The van der Waals surface area contributed by atoms with E-state index in [1.54, 1.807) is 0 Å². The summed E-state index contributed by atoms with van der Waals surface area (Å²) in [5, 5.41) is 1.91. The molecule has 5 rings (SSSR count). The number of hydrogen-bond acceptors (Lipinski definition) is 4. The highest BCUT2D eigenvalue weighted by molar-refractivity contribution is 7.11. The van der Waals surface area contributed by atoms with Crippen molar-refractivity contribution in [3.63, 3.8) is 0 Å². The molecule has 0 radical (unpaired) electrons. The van der Waals surface area contributed by atoms with Crippen LogP contribution < -0.4 is 0 Å². The second-order valence-corrected chi connectivity index (χ2v) is 10.3. The summed E-state index contributed by atoms with van der Waals surface area (Å²) in [4.78, 5) is 23.7. The van der Waals surface area contributed by atoms with Crippen LogP contribution in [-0.4, -0.2) is 46.4 Å². The predicted octanol–water partition coefficient (Wildman–Crippen LogP) is 4.25. The van der Waals surface area contributed by atoms with Crippen molar-refractivity contribution in [1.82, 2.24) is 14.8 Å². The van der Waals surface area contributed by atoms with E-state index in [2.05, 4.69) is 40.8 Å². The number of amides is 1. The van der Waals surface area contributed by atoms with Gasteiger partial charge in [-0.1, -0.05) is 23.7 Å². The maximum atomic E-state index is 13.0. The second kappa shape index (κ2) is 7.12. The van der Waals surface area contributed by atoms with E-state index in [0.29, 0.717) is 23.8 Å². The molecule has 2 saturated heterocycles. The third-order valence-electron chi connectivity index (χ3n) is 6.70. The molecule has 1 aromatic heterocycles. The Balaban J connectivity index is 1.15. The normalized spacial score (nSPS) is 29.3. The topological polar surface area (TPSA) is 36.4 Å². The van der Waals surface area contributed by atoms with Crippen molar-refractivity contribution in [3.8, 4) is 0 Å². The number of hydrogen-bond donors (Lipinski definition) is 0. The van der Waals surface area contributed by atoms with Crippen LogP contribution in [0.15, 0.2) is 24.3 Å². The average molecular weight is 416 g/mol. The van der Waals surface area contributed by atoms with Crippen LogP contribution in [0, 0.1) is 25.7 Å². The Morgan fingerprint density at radius 2 is 2.04 bits per heavy atom. The Morgan fingerprint density at radius 1 is 1.25 bits per heavy atom. The van der Waals surface area contributed by atoms with Crippen molar-refractivity contribution in [1.29, 1.82) is 0 Å². The monoisotopic (exact) mass is 415 g/mol. The zero-order valence-electron chi connectivity index (χ0n) is 16.4. The highest BCUT2D eigenvalue weighted by Gasteiger charge is 2.49. The van der Waals surface area contributed by atoms with Crippen LogP contribution in [-0.2, 0) is 11.3 Å². The van der Waals surface area contributed by atoms with Gasteiger partial charge in [0.25, 0.3) is 0 Å². The molecule has 28 heavy (non-hydrogen) atoms. The molecule has 6 heteroatoms. The molecular weight excluding hydrogens is 390 g/mol. The molecule has 2 aliphatic heterocycles. The van der Waals surface area contributed by atoms with Gasteiger partial charge in [-0.25, -0.2) is 4.98 Å². The maximum absolute atomic E-state index is 13.0.